The number of carboxylic acid groups (broad SMARTS) is 1. The highest BCUT2D eigenvalue weighted by Gasteiger charge is 2.23. The van der Waals surface area contributed by atoms with Gasteiger partial charge in [0.1, 0.15) is 15.9 Å². The molecule has 0 bridgehead atoms. The predicted octanol–water partition coefficient (Wildman–Crippen LogP) is 4.07. The number of thioether (sulfide) groups is 1. The van der Waals surface area contributed by atoms with Crippen LogP contribution in [-0.4, -0.2) is 26.4 Å². The van der Waals surface area contributed by atoms with Crippen molar-refractivity contribution in [3.8, 4) is 5.75 Å². The van der Waals surface area contributed by atoms with Gasteiger partial charge < -0.3 is 15.2 Å². The number of pyridine rings is 1. The molecule has 0 spiro atoms. The Morgan fingerprint density at radius 1 is 1.19 bits per heavy atom. The average Bonchev–Trinajstić information content (AvgIpc) is 2.61. The molecule has 0 radical (unpaired) electrons. The number of carbonyl (C=O) groups is 1. The molecule has 0 amide bonds. The zero-order valence-electron chi connectivity index (χ0n) is 13.6. The standard InChI is InChI=1S/C19H16ClNO4S/c20-12-7-8-13-14(10-12)21-18(23)17(16(13)22)26-15(19(24)25)9-6-11-4-2-1-3-5-11/h1-5,7-8,10,15H,6,9H2,(H,24,25)(H2,21,22,23). The van der Waals surface area contributed by atoms with Gasteiger partial charge in [-0.2, -0.15) is 0 Å². The Labute approximate surface area is 158 Å². The fourth-order valence-corrected chi connectivity index (χ4v) is 3.83. The molecule has 0 saturated carbocycles. The molecule has 1 unspecified atom stereocenters. The van der Waals surface area contributed by atoms with Gasteiger partial charge in [0.25, 0.3) is 5.56 Å². The third-order valence-corrected chi connectivity index (χ3v) is 5.55. The van der Waals surface area contributed by atoms with Crippen LogP contribution in [0, 0.1) is 0 Å². The Hall–Kier alpha value is -2.44. The topological polar surface area (TPSA) is 90.4 Å². The number of hydrogen-bond acceptors (Lipinski definition) is 4. The molecule has 0 aliphatic heterocycles. The summed E-state index contributed by atoms with van der Waals surface area (Å²) in [7, 11) is 0. The van der Waals surface area contributed by atoms with Gasteiger partial charge in [0, 0.05) is 10.4 Å². The van der Waals surface area contributed by atoms with E-state index in [0.717, 1.165) is 17.3 Å². The maximum atomic E-state index is 12.3. The molecule has 2 aromatic carbocycles. The monoisotopic (exact) mass is 389 g/mol. The van der Waals surface area contributed by atoms with E-state index in [-0.39, 0.29) is 10.6 Å². The van der Waals surface area contributed by atoms with Crippen molar-refractivity contribution < 1.29 is 15.0 Å². The number of carboxylic acids is 1. The van der Waals surface area contributed by atoms with Crippen LogP contribution >= 0.6 is 23.4 Å². The molecule has 1 aromatic heterocycles. The Morgan fingerprint density at radius 2 is 1.92 bits per heavy atom. The van der Waals surface area contributed by atoms with Crippen LogP contribution in [0.3, 0.4) is 0 Å². The third-order valence-electron chi connectivity index (χ3n) is 3.98. The maximum absolute atomic E-state index is 12.3. The first kappa shape index (κ1) is 18.4. The van der Waals surface area contributed by atoms with Crippen LogP contribution in [0.5, 0.6) is 5.75 Å². The van der Waals surface area contributed by atoms with Crippen molar-refractivity contribution in [2.75, 3.05) is 0 Å². The Bertz CT molecular complexity index is 1000. The number of fused-ring (bicyclic) bond motifs is 1. The molecule has 0 fully saturated rings. The van der Waals surface area contributed by atoms with E-state index in [1.54, 1.807) is 12.1 Å². The first-order valence-electron chi connectivity index (χ1n) is 7.93. The van der Waals surface area contributed by atoms with Crippen molar-refractivity contribution in [1.82, 2.24) is 4.98 Å². The molecule has 3 aromatic rings. The van der Waals surface area contributed by atoms with Gasteiger partial charge in [-0.1, -0.05) is 41.9 Å². The summed E-state index contributed by atoms with van der Waals surface area (Å²) in [5.74, 6) is -1.25. The molecule has 0 aliphatic carbocycles. The fourth-order valence-electron chi connectivity index (χ4n) is 2.66. The van der Waals surface area contributed by atoms with Gasteiger partial charge in [0.2, 0.25) is 0 Å². The van der Waals surface area contributed by atoms with Crippen molar-refractivity contribution in [3.63, 3.8) is 0 Å². The molecule has 3 rings (SSSR count). The predicted molar refractivity (Wildman–Crippen MR) is 103 cm³/mol. The highest BCUT2D eigenvalue weighted by Crippen LogP contribution is 2.35. The number of aryl methyl sites for hydroxylation is 1. The number of halogens is 1. The quantitative estimate of drug-likeness (QED) is 0.553. The van der Waals surface area contributed by atoms with E-state index >= 15 is 0 Å². The lowest BCUT2D eigenvalue weighted by molar-refractivity contribution is -0.136. The number of aromatic amines is 1. The molecule has 3 N–H and O–H groups in total. The number of aromatic nitrogens is 1. The van der Waals surface area contributed by atoms with E-state index in [1.165, 1.54) is 6.07 Å². The SMILES string of the molecule is O=C(O)C(CCc1ccccc1)Sc1c(O)c2ccc(Cl)cc2[nH]c1=O. The second-order valence-corrected chi connectivity index (χ2v) is 7.44. The van der Waals surface area contributed by atoms with E-state index in [1.807, 2.05) is 30.3 Å². The van der Waals surface area contributed by atoms with Crippen LogP contribution in [0.4, 0.5) is 0 Å². The largest absolute Gasteiger partial charge is 0.506 e. The fraction of sp³-hybridized carbons (Fsp3) is 0.158. The van der Waals surface area contributed by atoms with Gasteiger partial charge in [-0.05, 0) is 36.6 Å². The van der Waals surface area contributed by atoms with Gasteiger partial charge in [-0.25, -0.2) is 0 Å². The normalized spacial score (nSPS) is 12.2. The number of aromatic hydroxyl groups is 1. The minimum atomic E-state index is -1.03. The first-order valence-corrected chi connectivity index (χ1v) is 9.19. The van der Waals surface area contributed by atoms with Gasteiger partial charge in [-0.3, -0.25) is 9.59 Å². The molecule has 1 heterocycles. The van der Waals surface area contributed by atoms with Crippen LogP contribution in [0.2, 0.25) is 5.02 Å². The Kier molecular flexibility index (Phi) is 5.54. The Morgan fingerprint density at radius 3 is 2.62 bits per heavy atom. The number of benzene rings is 2. The van der Waals surface area contributed by atoms with Crippen molar-refractivity contribution >= 4 is 40.2 Å². The second kappa shape index (κ2) is 7.85. The van der Waals surface area contributed by atoms with E-state index < -0.39 is 16.8 Å². The van der Waals surface area contributed by atoms with Crippen molar-refractivity contribution in [2.45, 2.75) is 23.0 Å². The summed E-state index contributed by atoms with van der Waals surface area (Å²) in [6.45, 7) is 0. The first-order chi connectivity index (χ1) is 12.5. The molecule has 0 aliphatic rings. The van der Waals surface area contributed by atoms with Gasteiger partial charge >= 0.3 is 5.97 Å². The van der Waals surface area contributed by atoms with E-state index in [4.69, 9.17) is 11.6 Å². The molecule has 134 valence electrons. The van der Waals surface area contributed by atoms with Gasteiger partial charge in [0.05, 0.1) is 5.52 Å². The van der Waals surface area contributed by atoms with Gasteiger partial charge in [0.15, 0.2) is 0 Å². The summed E-state index contributed by atoms with van der Waals surface area (Å²) in [5, 5.41) is 20.0. The van der Waals surface area contributed by atoms with Crippen LogP contribution in [0.25, 0.3) is 10.9 Å². The minimum Gasteiger partial charge on any atom is -0.506 e. The molecular formula is C19H16ClNO4S. The minimum absolute atomic E-state index is 0.000263. The molecule has 26 heavy (non-hydrogen) atoms. The molecular weight excluding hydrogens is 374 g/mol. The van der Waals surface area contributed by atoms with Crippen molar-refractivity contribution in [2.24, 2.45) is 0 Å². The lowest BCUT2D eigenvalue weighted by Crippen LogP contribution is -2.20. The second-order valence-electron chi connectivity index (χ2n) is 5.79. The third kappa shape index (κ3) is 4.03. The summed E-state index contributed by atoms with van der Waals surface area (Å²) in [5.41, 5.74) is 0.888. The summed E-state index contributed by atoms with van der Waals surface area (Å²) in [4.78, 5) is 26.6. The summed E-state index contributed by atoms with van der Waals surface area (Å²) in [6.07, 6.45) is 0.897. The van der Waals surface area contributed by atoms with Crippen LogP contribution < -0.4 is 5.56 Å². The smallest absolute Gasteiger partial charge is 0.317 e. The molecule has 7 heteroatoms. The van der Waals surface area contributed by atoms with E-state index in [0.29, 0.717) is 28.8 Å². The molecule has 1 atom stereocenters. The van der Waals surface area contributed by atoms with E-state index in [9.17, 15) is 19.8 Å². The zero-order valence-corrected chi connectivity index (χ0v) is 15.2. The van der Waals surface area contributed by atoms with Gasteiger partial charge in [-0.15, -0.1) is 11.8 Å². The number of rotatable bonds is 6. The highest BCUT2D eigenvalue weighted by atomic mass is 35.5. The van der Waals surface area contributed by atoms with Crippen molar-refractivity contribution in [3.05, 3.63) is 69.5 Å². The number of nitrogens with one attached hydrogen (secondary N) is 1. The van der Waals surface area contributed by atoms with E-state index in [2.05, 4.69) is 4.98 Å². The average molecular weight is 390 g/mol. The molecule has 0 saturated heterocycles. The summed E-state index contributed by atoms with van der Waals surface area (Å²) >= 11 is 6.76. The molecule has 5 nitrogen and oxygen atoms in total. The summed E-state index contributed by atoms with van der Waals surface area (Å²) < 4.78 is 0. The van der Waals surface area contributed by atoms with Crippen LogP contribution in [0.15, 0.2) is 58.2 Å². The zero-order chi connectivity index (χ0) is 18.7. The number of hydrogen-bond donors (Lipinski definition) is 3. The highest BCUT2D eigenvalue weighted by molar-refractivity contribution is 8.00. The number of H-pyrrole nitrogens is 1. The number of aliphatic carboxylic acids is 1. The van der Waals surface area contributed by atoms with Crippen LogP contribution in [0.1, 0.15) is 12.0 Å². The Balaban J connectivity index is 1.88. The lowest BCUT2D eigenvalue weighted by atomic mass is 10.1. The summed E-state index contributed by atoms with van der Waals surface area (Å²) in [6, 6.07) is 14.3. The van der Waals surface area contributed by atoms with Crippen molar-refractivity contribution in [1.29, 1.82) is 0 Å². The lowest BCUT2D eigenvalue weighted by Gasteiger charge is -2.13. The maximum Gasteiger partial charge on any atom is 0.317 e. The van der Waals surface area contributed by atoms with Crippen LogP contribution in [-0.2, 0) is 11.2 Å².